The third-order valence-electron chi connectivity index (χ3n) is 4.78. The molecule has 2 aromatic carbocycles. The molecule has 0 aliphatic carbocycles. The predicted molar refractivity (Wildman–Crippen MR) is 134 cm³/mol. The van der Waals surface area contributed by atoms with Gasteiger partial charge >= 0.3 is 0 Å². The second kappa shape index (κ2) is 13.8. The number of benzene rings is 2. The second-order valence-corrected chi connectivity index (χ2v) is 7.05. The monoisotopic (exact) mass is 524 g/mol. The van der Waals surface area contributed by atoms with Crippen LogP contribution in [-0.4, -0.2) is 42.6 Å². The number of guanidine groups is 1. The minimum absolute atomic E-state index is 0. The standard InChI is InChI=1S/C23H32N4O2.HI/c1-4-24-23(27-18(3)17(2)19-10-6-5-7-11-19)26-15-9-14-25-22(29)20-12-8-13-21(28)16-20;/h5-8,10-13,16-18,28H,4,9,14-15H2,1-3H3,(H,25,29)(H2,24,26,27);1H. The SMILES string of the molecule is CCNC(=NCCCNC(=O)c1cccc(O)c1)NC(C)C(C)c1ccccc1.I. The molecular formula is C23H33IN4O2. The molecule has 2 rings (SSSR count). The zero-order valence-electron chi connectivity index (χ0n) is 17.9. The Morgan fingerprint density at radius 2 is 1.80 bits per heavy atom. The molecule has 6 nitrogen and oxygen atoms in total. The normalized spacial score (nSPS) is 13.0. The lowest BCUT2D eigenvalue weighted by molar-refractivity contribution is 0.0953. The van der Waals surface area contributed by atoms with E-state index in [0.717, 1.165) is 18.9 Å². The Kier molecular flexibility index (Phi) is 11.9. The van der Waals surface area contributed by atoms with Crippen LogP contribution in [-0.2, 0) is 0 Å². The lowest BCUT2D eigenvalue weighted by Gasteiger charge is -2.24. The van der Waals surface area contributed by atoms with Gasteiger partial charge in [-0.25, -0.2) is 0 Å². The number of amides is 1. The second-order valence-electron chi connectivity index (χ2n) is 7.05. The fourth-order valence-corrected chi connectivity index (χ4v) is 2.93. The van der Waals surface area contributed by atoms with Crippen LogP contribution in [0.2, 0.25) is 0 Å². The zero-order valence-corrected chi connectivity index (χ0v) is 20.2. The molecular weight excluding hydrogens is 491 g/mol. The van der Waals surface area contributed by atoms with Crippen molar-refractivity contribution in [3.8, 4) is 5.75 Å². The van der Waals surface area contributed by atoms with E-state index in [9.17, 15) is 9.90 Å². The van der Waals surface area contributed by atoms with E-state index in [0.29, 0.717) is 24.6 Å². The molecule has 0 aliphatic rings. The molecule has 0 bridgehead atoms. The number of rotatable bonds is 9. The molecule has 164 valence electrons. The number of aliphatic imine (C=N–C) groups is 1. The number of carbonyl (C=O) groups excluding carboxylic acids is 1. The summed E-state index contributed by atoms with van der Waals surface area (Å²) in [6, 6.07) is 17.0. The Bertz CT molecular complexity index is 799. The lowest BCUT2D eigenvalue weighted by Crippen LogP contribution is -2.44. The number of hydrogen-bond acceptors (Lipinski definition) is 3. The van der Waals surface area contributed by atoms with Crippen molar-refractivity contribution in [3.05, 3.63) is 65.7 Å². The summed E-state index contributed by atoms with van der Waals surface area (Å²) in [6.07, 6.45) is 0.726. The van der Waals surface area contributed by atoms with Crippen molar-refractivity contribution < 1.29 is 9.90 Å². The highest BCUT2D eigenvalue weighted by Gasteiger charge is 2.15. The van der Waals surface area contributed by atoms with Crippen molar-refractivity contribution in [2.45, 2.75) is 39.2 Å². The number of nitrogens with zero attached hydrogens (tertiary/aromatic N) is 1. The van der Waals surface area contributed by atoms with E-state index in [2.05, 4.69) is 59.1 Å². The Labute approximate surface area is 196 Å². The van der Waals surface area contributed by atoms with Crippen LogP contribution in [0.4, 0.5) is 0 Å². The van der Waals surface area contributed by atoms with Crippen molar-refractivity contribution >= 4 is 35.8 Å². The highest BCUT2D eigenvalue weighted by molar-refractivity contribution is 14.0. The third-order valence-corrected chi connectivity index (χ3v) is 4.78. The van der Waals surface area contributed by atoms with Gasteiger partial charge in [-0.2, -0.15) is 0 Å². The van der Waals surface area contributed by atoms with Gasteiger partial charge in [0.05, 0.1) is 0 Å². The summed E-state index contributed by atoms with van der Waals surface area (Å²) >= 11 is 0. The Hall–Kier alpha value is -2.29. The van der Waals surface area contributed by atoms with Crippen LogP contribution < -0.4 is 16.0 Å². The number of carbonyl (C=O) groups is 1. The molecule has 2 aromatic rings. The van der Waals surface area contributed by atoms with Gasteiger partial charge in [0.25, 0.3) is 5.91 Å². The number of halogens is 1. The molecule has 0 aliphatic heterocycles. The van der Waals surface area contributed by atoms with E-state index < -0.39 is 0 Å². The van der Waals surface area contributed by atoms with Crippen molar-refractivity contribution in [2.75, 3.05) is 19.6 Å². The van der Waals surface area contributed by atoms with Gasteiger partial charge in [0.2, 0.25) is 0 Å². The molecule has 2 unspecified atom stereocenters. The molecule has 7 heteroatoms. The summed E-state index contributed by atoms with van der Waals surface area (Å²) in [4.78, 5) is 16.7. The van der Waals surface area contributed by atoms with Crippen molar-refractivity contribution in [1.82, 2.24) is 16.0 Å². The Balaban J connectivity index is 0.00000450. The van der Waals surface area contributed by atoms with Gasteiger partial charge in [0.1, 0.15) is 5.75 Å². The molecule has 0 radical (unpaired) electrons. The fourth-order valence-electron chi connectivity index (χ4n) is 2.93. The molecule has 4 N–H and O–H groups in total. The molecule has 0 saturated heterocycles. The first kappa shape index (κ1) is 25.7. The van der Waals surface area contributed by atoms with Gasteiger partial charge in [0.15, 0.2) is 5.96 Å². The van der Waals surface area contributed by atoms with E-state index >= 15 is 0 Å². The summed E-state index contributed by atoms with van der Waals surface area (Å²) in [5.74, 6) is 1.02. The number of nitrogens with one attached hydrogen (secondary N) is 3. The number of hydrogen-bond donors (Lipinski definition) is 4. The van der Waals surface area contributed by atoms with Crippen LogP contribution in [0.15, 0.2) is 59.6 Å². The molecule has 0 saturated carbocycles. The lowest BCUT2D eigenvalue weighted by atomic mass is 9.94. The number of phenols is 1. The van der Waals surface area contributed by atoms with Gasteiger partial charge in [-0.1, -0.05) is 43.3 Å². The molecule has 0 aromatic heterocycles. The van der Waals surface area contributed by atoms with E-state index in [1.54, 1.807) is 18.2 Å². The van der Waals surface area contributed by atoms with Gasteiger partial charge in [0, 0.05) is 37.2 Å². The maximum absolute atomic E-state index is 12.1. The molecule has 2 atom stereocenters. The van der Waals surface area contributed by atoms with Crippen LogP contribution >= 0.6 is 24.0 Å². The minimum Gasteiger partial charge on any atom is -0.508 e. The summed E-state index contributed by atoms with van der Waals surface area (Å²) < 4.78 is 0. The molecule has 0 fully saturated rings. The number of phenolic OH excluding ortho intramolecular Hbond substituents is 1. The Morgan fingerprint density at radius 1 is 1.07 bits per heavy atom. The number of aromatic hydroxyl groups is 1. The van der Waals surface area contributed by atoms with Gasteiger partial charge < -0.3 is 21.1 Å². The summed E-state index contributed by atoms with van der Waals surface area (Å²) in [5.41, 5.74) is 1.74. The average molecular weight is 524 g/mol. The minimum atomic E-state index is -0.194. The molecule has 30 heavy (non-hydrogen) atoms. The largest absolute Gasteiger partial charge is 0.508 e. The van der Waals surface area contributed by atoms with Crippen molar-refractivity contribution in [1.29, 1.82) is 0 Å². The highest BCUT2D eigenvalue weighted by atomic mass is 127. The first-order valence-electron chi connectivity index (χ1n) is 10.2. The summed E-state index contributed by atoms with van der Waals surface area (Å²) in [7, 11) is 0. The third kappa shape index (κ3) is 8.61. The summed E-state index contributed by atoms with van der Waals surface area (Å²) in [5, 5.41) is 19.1. The van der Waals surface area contributed by atoms with Gasteiger partial charge in [-0.3, -0.25) is 9.79 Å². The average Bonchev–Trinajstić information content (AvgIpc) is 2.73. The topological polar surface area (TPSA) is 85.8 Å². The first-order valence-corrected chi connectivity index (χ1v) is 10.2. The van der Waals surface area contributed by atoms with Crippen molar-refractivity contribution in [2.24, 2.45) is 4.99 Å². The van der Waals surface area contributed by atoms with E-state index in [4.69, 9.17) is 0 Å². The van der Waals surface area contributed by atoms with Crippen LogP contribution in [0.3, 0.4) is 0 Å². The predicted octanol–water partition coefficient (Wildman–Crippen LogP) is 3.88. The fraction of sp³-hybridized carbons (Fsp3) is 0.391. The maximum atomic E-state index is 12.1. The van der Waals surface area contributed by atoms with E-state index in [1.165, 1.54) is 11.6 Å². The van der Waals surface area contributed by atoms with E-state index in [1.807, 2.05) is 13.0 Å². The van der Waals surface area contributed by atoms with Crippen LogP contribution in [0, 0.1) is 0 Å². The smallest absolute Gasteiger partial charge is 0.251 e. The van der Waals surface area contributed by atoms with Gasteiger partial charge in [-0.05, 0) is 44.0 Å². The summed E-state index contributed by atoms with van der Waals surface area (Å²) in [6.45, 7) is 8.30. The molecule has 1 amide bonds. The van der Waals surface area contributed by atoms with Crippen LogP contribution in [0.1, 0.15) is 49.0 Å². The quantitative estimate of drug-likeness (QED) is 0.174. The highest BCUT2D eigenvalue weighted by Crippen LogP contribution is 2.18. The Morgan fingerprint density at radius 3 is 2.47 bits per heavy atom. The maximum Gasteiger partial charge on any atom is 0.251 e. The molecule has 0 spiro atoms. The van der Waals surface area contributed by atoms with Crippen LogP contribution in [0.5, 0.6) is 5.75 Å². The van der Waals surface area contributed by atoms with E-state index in [-0.39, 0.29) is 41.7 Å². The first-order chi connectivity index (χ1) is 14.0. The van der Waals surface area contributed by atoms with Crippen LogP contribution in [0.25, 0.3) is 0 Å². The van der Waals surface area contributed by atoms with Crippen molar-refractivity contribution in [3.63, 3.8) is 0 Å². The van der Waals surface area contributed by atoms with Gasteiger partial charge in [-0.15, -0.1) is 24.0 Å². The molecule has 0 heterocycles. The zero-order chi connectivity index (χ0) is 21.1.